The van der Waals surface area contributed by atoms with Gasteiger partial charge in [0.2, 0.25) is 0 Å². The van der Waals surface area contributed by atoms with E-state index in [0.717, 1.165) is 11.8 Å². The topological polar surface area (TPSA) is 51.2 Å². The van der Waals surface area contributed by atoms with E-state index in [0.29, 0.717) is 36.0 Å². The Labute approximate surface area is 128 Å². The number of rotatable bonds is 7. The van der Waals surface area contributed by atoms with Crippen molar-refractivity contribution in [3.05, 3.63) is 53.7 Å². The number of pyridine rings is 1. The molecule has 1 aromatic heterocycles. The maximum atomic E-state index is 12.2. The van der Waals surface area contributed by atoms with Crippen LogP contribution >= 0.6 is 11.6 Å². The molecule has 1 aromatic carbocycles. The van der Waals surface area contributed by atoms with Crippen LogP contribution in [0.15, 0.2) is 43.0 Å². The average molecular weight is 305 g/mol. The first kappa shape index (κ1) is 15.5. The SMILES string of the molecule is C=CCCOCCNC(=O)c1cc(Cl)nc2ccccc12. The van der Waals surface area contributed by atoms with E-state index in [9.17, 15) is 4.79 Å². The molecule has 2 rings (SSSR count). The predicted molar refractivity (Wildman–Crippen MR) is 84.7 cm³/mol. The lowest BCUT2D eigenvalue weighted by Gasteiger charge is -2.08. The monoisotopic (exact) mass is 304 g/mol. The molecular weight excluding hydrogens is 288 g/mol. The number of ether oxygens (including phenoxy) is 1. The Hall–Kier alpha value is -1.91. The number of fused-ring (bicyclic) bond motifs is 1. The molecule has 0 unspecified atom stereocenters. The molecule has 4 nitrogen and oxygen atoms in total. The number of hydrogen-bond acceptors (Lipinski definition) is 3. The highest BCUT2D eigenvalue weighted by molar-refractivity contribution is 6.30. The zero-order chi connectivity index (χ0) is 15.1. The lowest BCUT2D eigenvalue weighted by molar-refractivity contribution is 0.0919. The zero-order valence-electron chi connectivity index (χ0n) is 11.6. The first-order valence-corrected chi connectivity index (χ1v) is 7.12. The van der Waals surface area contributed by atoms with Gasteiger partial charge in [-0.2, -0.15) is 0 Å². The van der Waals surface area contributed by atoms with Gasteiger partial charge in [0, 0.05) is 11.9 Å². The van der Waals surface area contributed by atoms with Gasteiger partial charge in [-0.15, -0.1) is 6.58 Å². The smallest absolute Gasteiger partial charge is 0.252 e. The van der Waals surface area contributed by atoms with E-state index >= 15 is 0 Å². The van der Waals surface area contributed by atoms with Crippen LogP contribution in [0.1, 0.15) is 16.8 Å². The fraction of sp³-hybridized carbons (Fsp3) is 0.250. The number of aromatic nitrogens is 1. The minimum atomic E-state index is -0.178. The molecular formula is C16H17ClN2O2. The van der Waals surface area contributed by atoms with Gasteiger partial charge in [-0.3, -0.25) is 4.79 Å². The van der Waals surface area contributed by atoms with E-state index in [4.69, 9.17) is 16.3 Å². The number of hydrogen-bond donors (Lipinski definition) is 1. The standard InChI is InChI=1S/C16H17ClN2O2/c1-2-3-9-21-10-8-18-16(20)13-11-15(17)19-14-7-5-4-6-12(13)14/h2,4-7,11H,1,3,8-10H2,(H,18,20). The van der Waals surface area contributed by atoms with E-state index in [1.165, 1.54) is 0 Å². The summed E-state index contributed by atoms with van der Waals surface area (Å²) < 4.78 is 5.35. The van der Waals surface area contributed by atoms with Crippen LogP contribution in [0.4, 0.5) is 0 Å². The molecule has 0 saturated carbocycles. The Morgan fingerprint density at radius 2 is 2.19 bits per heavy atom. The van der Waals surface area contributed by atoms with Crippen LogP contribution in [-0.2, 0) is 4.74 Å². The summed E-state index contributed by atoms with van der Waals surface area (Å²) in [6, 6.07) is 9.00. The Morgan fingerprint density at radius 3 is 3.00 bits per heavy atom. The number of benzene rings is 1. The maximum absolute atomic E-state index is 12.2. The molecule has 21 heavy (non-hydrogen) atoms. The molecule has 2 aromatic rings. The summed E-state index contributed by atoms with van der Waals surface area (Å²) in [6.07, 6.45) is 2.60. The molecule has 0 aliphatic heterocycles. The largest absolute Gasteiger partial charge is 0.379 e. The summed E-state index contributed by atoms with van der Waals surface area (Å²) in [5.74, 6) is -0.178. The summed E-state index contributed by atoms with van der Waals surface area (Å²) in [5, 5.41) is 3.91. The van der Waals surface area contributed by atoms with Gasteiger partial charge in [-0.25, -0.2) is 4.98 Å². The summed E-state index contributed by atoms with van der Waals surface area (Å²) in [7, 11) is 0. The molecule has 1 heterocycles. The second-order valence-electron chi connectivity index (χ2n) is 4.46. The molecule has 0 bridgehead atoms. The number of para-hydroxylation sites is 1. The fourth-order valence-electron chi connectivity index (χ4n) is 1.93. The van der Waals surface area contributed by atoms with Crippen LogP contribution < -0.4 is 5.32 Å². The second kappa shape index (κ2) is 7.76. The van der Waals surface area contributed by atoms with Crippen molar-refractivity contribution in [2.45, 2.75) is 6.42 Å². The summed E-state index contributed by atoms with van der Waals surface area (Å²) in [4.78, 5) is 16.4. The summed E-state index contributed by atoms with van der Waals surface area (Å²) in [6.45, 7) is 5.15. The van der Waals surface area contributed by atoms with Gasteiger partial charge in [0.15, 0.2) is 0 Å². The lowest BCUT2D eigenvalue weighted by Crippen LogP contribution is -2.27. The minimum Gasteiger partial charge on any atom is -0.379 e. The van der Waals surface area contributed by atoms with Crippen LogP contribution in [0.25, 0.3) is 10.9 Å². The predicted octanol–water partition coefficient (Wildman–Crippen LogP) is 3.21. The molecule has 1 N–H and O–H groups in total. The van der Waals surface area contributed by atoms with Gasteiger partial charge < -0.3 is 10.1 Å². The highest BCUT2D eigenvalue weighted by Crippen LogP contribution is 2.20. The van der Waals surface area contributed by atoms with Gasteiger partial charge in [0.05, 0.1) is 24.3 Å². The van der Waals surface area contributed by atoms with E-state index in [1.807, 2.05) is 24.3 Å². The highest BCUT2D eigenvalue weighted by atomic mass is 35.5. The van der Waals surface area contributed by atoms with Crippen molar-refractivity contribution in [1.29, 1.82) is 0 Å². The molecule has 0 aliphatic rings. The summed E-state index contributed by atoms with van der Waals surface area (Å²) in [5.41, 5.74) is 1.23. The van der Waals surface area contributed by atoms with E-state index in [1.54, 1.807) is 12.1 Å². The van der Waals surface area contributed by atoms with Crippen molar-refractivity contribution in [3.8, 4) is 0 Å². The molecule has 110 valence electrons. The van der Waals surface area contributed by atoms with Crippen LogP contribution in [0, 0.1) is 0 Å². The fourth-order valence-corrected chi connectivity index (χ4v) is 2.13. The van der Waals surface area contributed by atoms with Gasteiger partial charge in [-0.05, 0) is 18.6 Å². The average Bonchev–Trinajstić information content (AvgIpc) is 2.49. The van der Waals surface area contributed by atoms with Gasteiger partial charge in [0.25, 0.3) is 5.91 Å². The number of nitrogens with zero attached hydrogens (tertiary/aromatic N) is 1. The Kier molecular flexibility index (Phi) is 5.72. The van der Waals surface area contributed by atoms with E-state index in [-0.39, 0.29) is 5.91 Å². The van der Waals surface area contributed by atoms with Crippen molar-refractivity contribution < 1.29 is 9.53 Å². The Morgan fingerprint density at radius 1 is 1.38 bits per heavy atom. The maximum Gasteiger partial charge on any atom is 0.252 e. The molecule has 0 spiro atoms. The van der Waals surface area contributed by atoms with Crippen LogP contribution in [-0.4, -0.2) is 30.6 Å². The van der Waals surface area contributed by atoms with Crippen molar-refractivity contribution in [2.24, 2.45) is 0 Å². The second-order valence-corrected chi connectivity index (χ2v) is 4.84. The number of carbonyl (C=O) groups excluding carboxylic acids is 1. The summed E-state index contributed by atoms with van der Waals surface area (Å²) >= 11 is 5.96. The van der Waals surface area contributed by atoms with E-state index in [2.05, 4.69) is 16.9 Å². The van der Waals surface area contributed by atoms with E-state index < -0.39 is 0 Å². The number of amides is 1. The van der Waals surface area contributed by atoms with Crippen molar-refractivity contribution >= 4 is 28.4 Å². The number of carbonyl (C=O) groups is 1. The molecule has 0 saturated heterocycles. The van der Waals surface area contributed by atoms with Crippen molar-refractivity contribution in [1.82, 2.24) is 10.3 Å². The quantitative estimate of drug-likeness (QED) is 0.485. The van der Waals surface area contributed by atoms with Crippen LogP contribution in [0.3, 0.4) is 0 Å². The molecule has 0 aliphatic carbocycles. The highest BCUT2D eigenvalue weighted by Gasteiger charge is 2.11. The van der Waals surface area contributed by atoms with Crippen molar-refractivity contribution in [3.63, 3.8) is 0 Å². The van der Waals surface area contributed by atoms with Crippen molar-refractivity contribution in [2.75, 3.05) is 19.8 Å². The normalized spacial score (nSPS) is 10.5. The van der Waals surface area contributed by atoms with Gasteiger partial charge >= 0.3 is 0 Å². The van der Waals surface area contributed by atoms with Crippen LogP contribution in [0.5, 0.6) is 0 Å². The third-order valence-corrected chi connectivity index (χ3v) is 3.12. The molecule has 1 amide bonds. The third kappa shape index (κ3) is 4.28. The van der Waals surface area contributed by atoms with Crippen LogP contribution in [0.2, 0.25) is 5.15 Å². The third-order valence-electron chi connectivity index (χ3n) is 2.93. The number of nitrogens with one attached hydrogen (secondary N) is 1. The first-order chi connectivity index (χ1) is 10.2. The first-order valence-electron chi connectivity index (χ1n) is 6.74. The Bertz CT molecular complexity index is 643. The molecule has 0 fully saturated rings. The molecule has 0 radical (unpaired) electrons. The molecule has 5 heteroatoms. The minimum absolute atomic E-state index is 0.178. The number of halogens is 1. The van der Waals surface area contributed by atoms with Gasteiger partial charge in [0.1, 0.15) is 5.15 Å². The zero-order valence-corrected chi connectivity index (χ0v) is 12.4. The lowest BCUT2D eigenvalue weighted by atomic mass is 10.1. The molecule has 0 atom stereocenters. The van der Waals surface area contributed by atoms with Gasteiger partial charge in [-0.1, -0.05) is 35.9 Å². The Balaban J connectivity index is 2.01.